The molecule has 0 nitrogen and oxygen atoms in total. The van der Waals surface area contributed by atoms with Crippen LogP contribution < -0.4 is 0 Å². The Balaban J connectivity index is 2.15. The molecule has 0 aromatic heterocycles. The van der Waals surface area contributed by atoms with Crippen LogP contribution >= 0.6 is 11.8 Å². The highest BCUT2D eigenvalue weighted by Gasteiger charge is 2.25. The summed E-state index contributed by atoms with van der Waals surface area (Å²) in [5.74, 6) is 0.806. The molecule has 0 amide bonds. The lowest BCUT2D eigenvalue weighted by molar-refractivity contribution is 0.456. The van der Waals surface area contributed by atoms with Gasteiger partial charge in [0, 0.05) is 5.25 Å². The van der Waals surface area contributed by atoms with Gasteiger partial charge in [0.1, 0.15) is 0 Å². The van der Waals surface area contributed by atoms with E-state index in [2.05, 4.69) is 36.6 Å². The molecular weight excluding hydrogens is 188 g/mol. The van der Waals surface area contributed by atoms with E-state index < -0.39 is 0 Å². The van der Waals surface area contributed by atoms with Gasteiger partial charge in [0.25, 0.3) is 0 Å². The standard InChI is InChI=1S/C13H18S/c1-14-13-10-6-5-9-12(13)11-7-3-2-4-8-11/h2-4,7-8,12-13H,5-6,9-10H2,1H3/t12-,13+/m0/s1. The smallest absolute Gasteiger partial charge is 0.0113 e. The molecule has 0 spiro atoms. The maximum absolute atomic E-state index is 2.29. The zero-order valence-electron chi connectivity index (χ0n) is 8.78. The van der Waals surface area contributed by atoms with E-state index in [1.54, 1.807) is 5.56 Å². The molecule has 1 saturated carbocycles. The number of benzene rings is 1. The lowest BCUT2D eigenvalue weighted by Crippen LogP contribution is -2.19. The van der Waals surface area contributed by atoms with Gasteiger partial charge in [-0.25, -0.2) is 0 Å². The predicted molar refractivity (Wildman–Crippen MR) is 65.0 cm³/mol. The van der Waals surface area contributed by atoms with Crippen molar-refractivity contribution in [2.45, 2.75) is 36.9 Å². The summed E-state index contributed by atoms with van der Waals surface area (Å²) in [5, 5.41) is 0.853. The molecule has 0 saturated heterocycles. The fourth-order valence-corrected chi connectivity index (χ4v) is 3.48. The minimum atomic E-state index is 0.806. The average molecular weight is 206 g/mol. The molecule has 1 aromatic rings. The van der Waals surface area contributed by atoms with Crippen LogP contribution in [0.2, 0.25) is 0 Å². The monoisotopic (exact) mass is 206 g/mol. The van der Waals surface area contributed by atoms with E-state index in [1.165, 1.54) is 25.7 Å². The summed E-state index contributed by atoms with van der Waals surface area (Å²) in [7, 11) is 0. The third kappa shape index (κ3) is 2.14. The molecule has 1 fully saturated rings. The van der Waals surface area contributed by atoms with E-state index in [1.807, 2.05) is 11.8 Å². The van der Waals surface area contributed by atoms with Crippen LogP contribution in [0, 0.1) is 0 Å². The summed E-state index contributed by atoms with van der Waals surface area (Å²) < 4.78 is 0. The number of thioether (sulfide) groups is 1. The van der Waals surface area contributed by atoms with Gasteiger partial charge in [-0.3, -0.25) is 0 Å². The van der Waals surface area contributed by atoms with Crippen LogP contribution in [0.5, 0.6) is 0 Å². The van der Waals surface area contributed by atoms with Gasteiger partial charge in [-0.1, -0.05) is 43.2 Å². The largest absolute Gasteiger partial charge is 0.161 e. The van der Waals surface area contributed by atoms with Crippen molar-refractivity contribution in [3.05, 3.63) is 35.9 Å². The van der Waals surface area contributed by atoms with Crippen LogP contribution in [0.25, 0.3) is 0 Å². The second-order valence-corrected chi connectivity index (χ2v) is 5.15. The molecule has 14 heavy (non-hydrogen) atoms. The molecular formula is C13H18S. The summed E-state index contributed by atoms with van der Waals surface area (Å²) >= 11 is 2.05. The van der Waals surface area contributed by atoms with Crippen molar-refractivity contribution in [3.63, 3.8) is 0 Å². The van der Waals surface area contributed by atoms with Crippen LogP contribution in [0.3, 0.4) is 0 Å². The second-order valence-electron chi connectivity index (χ2n) is 4.08. The number of hydrogen-bond donors (Lipinski definition) is 0. The molecule has 2 atom stereocenters. The predicted octanol–water partition coefficient (Wildman–Crippen LogP) is 4.08. The van der Waals surface area contributed by atoms with Crippen molar-refractivity contribution in [1.82, 2.24) is 0 Å². The number of hydrogen-bond acceptors (Lipinski definition) is 1. The normalized spacial score (nSPS) is 27.5. The van der Waals surface area contributed by atoms with Crippen molar-refractivity contribution in [1.29, 1.82) is 0 Å². The summed E-state index contributed by atoms with van der Waals surface area (Å²) in [6, 6.07) is 11.0. The van der Waals surface area contributed by atoms with Crippen LogP contribution in [-0.4, -0.2) is 11.5 Å². The average Bonchev–Trinajstić information content (AvgIpc) is 2.30. The van der Waals surface area contributed by atoms with Crippen LogP contribution in [0.4, 0.5) is 0 Å². The lowest BCUT2D eigenvalue weighted by atomic mass is 9.83. The zero-order chi connectivity index (χ0) is 9.80. The van der Waals surface area contributed by atoms with Gasteiger partial charge >= 0.3 is 0 Å². The van der Waals surface area contributed by atoms with Crippen molar-refractivity contribution in [2.75, 3.05) is 6.26 Å². The molecule has 0 N–H and O–H groups in total. The Kier molecular flexibility index (Phi) is 3.52. The van der Waals surface area contributed by atoms with E-state index in [9.17, 15) is 0 Å². The Hall–Kier alpha value is -0.430. The molecule has 1 aliphatic rings. The third-order valence-corrected chi connectivity index (χ3v) is 4.40. The second kappa shape index (κ2) is 4.88. The first-order chi connectivity index (χ1) is 6.92. The first-order valence-corrected chi connectivity index (χ1v) is 6.78. The van der Waals surface area contributed by atoms with Crippen LogP contribution in [-0.2, 0) is 0 Å². The van der Waals surface area contributed by atoms with Gasteiger partial charge in [0.2, 0.25) is 0 Å². The van der Waals surface area contributed by atoms with Gasteiger partial charge in [0.05, 0.1) is 0 Å². The zero-order valence-corrected chi connectivity index (χ0v) is 9.59. The molecule has 2 rings (SSSR count). The van der Waals surface area contributed by atoms with E-state index in [0.29, 0.717) is 0 Å². The molecule has 76 valence electrons. The van der Waals surface area contributed by atoms with Crippen LogP contribution in [0.15, 0.2) is 30.3 Å². The molecule has 0 bridgehead atoms. The molecule has 0 radical (unpaired) electrons. The van der Waals surface area contributed by atoms with E-state index in [-0.39, 0.29) is 0 Å². The molecule has 1 heteroatoms. The highest BCUT2D eigenvalue weighted by atomic mass is 32.2. The minimum Gasteiger partial charge on any atom is -0.161 e. The SMILES string of the molecule is CS[C@@H]1CCCC[C@H]1c1ccccc1. The Morgan fingerprint density at radius 1 is 1.07 bits per heavy atom. The topological polar surface area (TPSA) is 0 Å². The fourth-order valence-electron chi connectivity index (χ4n) is 2.46. The first-order valence-electron chi connectivity index (χ1n) is 5.49. The fraction of sp³-hybridized carbons (Fsp3) is 0.538. The van der Waals surface area contributed by atoms with Gasteiger partial charge in [0.15, 0.2) is 0 Å². The molecule has 1 aromatic carbocycles. The van der Waals surface area contributed by atoms with E-state index in [0.717, 1.165) is 11.2 Å². The Morgan fingerprint density at radius 3 is 2.50 bits per heavy atom. The van der Waals surface area contributed by atoms with Crippen LogP contribution in [0.1, 0.15) is 37.2 Å². The Morgan fingerprint density at radius 2 is 1.79 bits per heavy atom. The van der Waals surface area contributed by atoms with Gasteiger partial charge in [-0.2, -0.15) is 11.8 Å². The summed E-state index contributed by atoms with van der Waals surface area (Å²) in [5.41, 5.74) is 1.55. The first kappa shape index (κ1) is 10.1. The Bertz CT molecular complexity index is 268. The molecule has 0 unspecified atom stereocenters. The van der Waals surface area contributed by atoms with Crippen molar-refractivity contribution >= 4 is 11.8 Å². The molecule has 1 aliphatic carbocycles. The Labute approximate surface area is 91.1 Å². The van der Waals surface area contributed by atoms with Gasteiger partial charge in [-0.15, -0.1) is 0 Å². The van der Waals surface area contributed by atoms with E-state index >= 15 is 0 Å². The highest BCUT2D eigenvalue weighted by molar-refractivity contribution is 7.99. The van der Waals surface area contributed by atoms with Crippen molar-refractivity contribution in [2.24, 2.45) is 0 Å². The lowest BCUT2D eigenvalue weighted by Gasteiger charge is -2.30. The summed E-state index contributed by atoms with van der Waals surface area (Å²) in [4.78, 5) is 0. The summed E-state index contributed by atoms with van der Waals surface area (Å²) in [6.07, 6.45) is 7.88. The highest BCUT2D eigenvalue weighted by Crippen LogP contribution is 2.38. The maximum atomic E-state index is 2.29. The van der Waals surface area contributed by atoms with E-state index in [4.69, 9.17) is 0 Å². The molecule has 0 aliphatic heterocycles. The minimum absolute atomic E-state index is 0.806. The summed E-state index contributed by atoms with van der Waals surface area (Å²) in [6.45, 7) is 0. The third-order valence-electron chi connectivity index (χ3n) is 3.23. The van der Waals surface area contributed by atoms with Crippen molar-refractivity contribution in [3.8, 4) is 0 Å². The van der Waals surface area contributed by atoms with Gasteiger partial charge in [-0.05, 0) is 30.6 Å². The quantitative estimate of drug-likeness (QED) is 0.702. The van der Waals surface area contributed by atoms with Crippen molar-refractivity contribution < 1.29 is 0 Å². The van der Waals surface area contributed by atoms with Gasteiger partial charge < -0.3 is 0 Å². The number of rotatable bonds is 2. The molecule has 0 heterocycles. The maximum Gasteiger partial charge on any atom is 0.0113 e.